The summed E-state index contributed by atoms with van der Waals surface area (Å²) in [5, 5.41) is 10.3. The molecule has 1 unspecified atom stereocenters. The molecule has 5 heteroatoms. The van der Waals surface area contributed by atoms with Gasteiger partial charge in [-0.1, -0.05) is 0 Å². The van der Waals surface area contributed by atoms with Crippen LogP contribution in [0.4, 0.5) is 0 Å². The Kier molecular flexibility index (Phi) is 2.21. The third-order valence-corrected chi connectivity index (χ3v) is 2.75. The lowest BCUT2D eigenvalue weighted by Gasteiger charge is -2.20. The second-order valence-corrected chi connectivity index (χ2v) is 3.73. The van der Waals surface area contributed by atoms with Gasteiger partial charge in [0.15, 0.2) is 5.79 Å². The molecule has 1 heterocycles. The van der Waals surface area contributed by atoms with Gasteiger partial charge in [0.25, 0.3) is 0 Å². The molecule has 2 aliphatic rings. The van der Waals surface area contributed by atoms with Crippen molar-refractivity contribution in [1.29, 1.82) is 0 Å². The third kappa shape index (κ3) is 1.81. The highest BCUT2D eigenvalue weighted by molar-refractivity contribution is 4.85. The monoisotopic (exact) mass is 187 g/mol. The summed E-state index contributed by atoms with van der Waals surface area (Å²) in [6, 6.07) is 0. The normalized spacial score (nSPS) is 31.2. The molecule has 0 radical (unpaired) electrons. The SMILES string of the molecule is O=[N+]([O-])CC1CCC2(C1)OCCO2. The Morgan fingerprint density at radius 2 is 2.15 bits per heavy atom. The first-order chi connectivity index (χ1) is 6.20. The molecule has 1 aliphatic heterocycles. The molecule has 0 amide bonds. The Labute approximate surface area is 76.2 Å². The minimum atomic E-state index is -0.458. The number of hydrogen-bond acceptors (Lipinski definition) is 4. The van der Waals surface area contributed by atoms with Crippen molar-refractivity contribution >= 4 is 0 Å². The molecule has 0 aromatic rings. The van der Waals surface area contributed by atoms with Crippen LogP contribution in [0.5, 0.6) is 0 Å². The molecule has 1 atom stereocenters. The molecule has 1 spiro atoms. The molecule has 0 N–H and O–H groups in total. The number of ether oxygens (including phenoxy) is 2. The number of hydrogen-bond donors (Lipinski definition) is 0. The van der Waals surface area contributed by atoms with Crippen molar-refractivity contribution < 1.29 is 14.4 Å². The molecule has 1 aliphatic carbocycles. The van der Waals surface area contributed by atoms with E-state index in [2.05, 4.69) is 0 Å². The first kappa shape index (κ1) is 8.90. The zero-order valence-electron chi connectivity index (χ0n) is 7.40. The van der Waals surface area contributed by atoms with Gasteiger partial charge in [0.05, 0.1) is 13.2 Å². The Morgan fingerprint density at radius 3 is 2.77 bits per heavy atom. The standard InChI is InChI=1S/C8H13NO4/c10-9(11)6-7-1-2-8(5-7)12-3-4-13-8/h7H,1-6H2. The van der Waals surface area contributed by atoms with E-state index in [-0.39, 0.29) is 17.4 Å². The van der Waals surface area contributed by atoms with Gasteiger partial charge in [-0.25, -0.2) is 0 Å². The van der Waals surface area contributed by atoms with E-state index in [1.807, 2.05) is 0 Å². The van der Waals surface area contributed by atoms with Gasteiger partial charge in [0.2, 0.25) is 6.54 Å². The van der Waals surface area contributed by atoms with Gasteiger partial charge in [-0.05, 0) is 6.42 Å². The maximum absolute atomic E-state index is 10.3. The van der Waals surface area contributed by atoms with Gasteiger partial charge in [0.1, 0.15) is 0 Å². The Bertz CT molecular complexity index is 212. The van der Waals surface area contributed by atoms with Gasteiger partial charge >= 0.3 is 0 Å². The fourth-order valence-corrected chi connectivity index (χ4v) is 2.19. The number of nitro groups is 1. The van der Waals surface area contributed by atoms with Crippen LogP contribution in [-0.2, 0) is 9.47 Å². The lowest BCUT2D eigenvalue weighted by atomic mass is 10.1. The largest absolute Gasteiger partial charge is 0.348 e. The number of nitrogens with zero attached hydrogens (tertiary/aromatic N) is 1. The molecular formula is C8H13NO4. The van der Waals surface area contributed by atoms with Gasteiger partial charge in [-0.3, -0.25) is 10.1 Å². The zero-order chi connectivity index (χ0) is 9.31. The van der Waals surface area contributed by atoms with Crippen molar-refractivity contribution in [3.05, 3.63) is 10.1 Å². The third-order valence-electron chi connectivity index (χ3n) is 2.75. The molecule has 0 bridgehead atoms. The van der Waals surface area contributed by atoms with E-state index < -0.39 is 5.79 Å². The van der Waals surface area contributed by atoms with Crippen LogP contribution in [0.25, 0.3) is 0 Å². The topological polar surface area (TPSA) is 61.6 Å². The van der Waals surface area contributed by atoms with Gasteiger partial charge < -0.3 is 9.47 Å². The zero-order valence-corrected chi connectivity index (χ0v) is 7.40. The molecular weight excluding hydrogens is 174 g/mol. The molecule has 1 saturated heterocycles. The second-order valence-electron chi connectivity index (χ2n) is 3.73. The summed E-state index contributed by atoms with van der Waals surface area (Å²) in [5.74, 6) is -0.325. The molecule has 5 nitrogen and oxygen atoms in total. The molecule has 2 rings (SSSR count). The molecule has 0 aromatic heterocycles. The second kappa shape index (κ2) is 3.23. The van der Waals surface area contributed by atoms with Crippen molar-refractivity contribution in [3.8, 4) is 0 Å². The average molecular weight is 187 g/mol. The lowest BCUT2D eigenvalue weighted by Crippen LogP contribution is -2.26. The Balaban J connectivity index is 1.89. The summed E-state index contributed by atoms with van der Waals surface area (Å²) in [5.41, 5.74) is 0. The molecule has 13 heavy (non-hydrogen) atoms. The van der Waals surface area contributed by atoms with Crippen LogP contribution in [0.15, 0.2) is 0 Å². The smallest absolute Gasteiger partial charge is 0.206 e. The molecule has 0 aromatic carbocycles. The van der Waals surface area contributed by atoms with Crippen LogP contribution in [-0.4, -0.2) is 30.5 Å². The van der Waals surface area contributed by atoms with Crippen LogP contribution in [0.3, 0.4) is 0 Å². The summed E-state index contributed by atoms with van der Waals surface area (Å²) in [6.45, 7) is 1.31. The first-order valence-corrected chi connectivity index (χ1v) is 4.60. The van der Waals surface area contributed by atoms with Crippen LogP contribution in [0, 0.1) is 16.0 Å². The van der Waals surface area contributed by atoms with Crippen molar-refractivity contribution in [2.75, 3.05) is 19.8 Å². The van der Waals surface area contributed by atoms with Crippen molar-refractivity contribution in [1.82, 2.24) is 0 Å². The minimum absolute atomic E-state index is 0.0501. The van der Waals surface area contributed by atoms with Crippen molar-refractivity contribution in [2.24, 2.45) is 5.92 Å². The maximum Gasteiger partial charge on any atom is 0.206 e. The Morgan fingerprint density at radius 1 is 1.46 bits per heavy atom. The lowest BCUT2D eigenvalue weighted by molar-refractivity contribution is -0.488. The van der Waals surface area contributed by atoms with Gasteiger partial charge in [0, 0.05) is 23.7 Å². The van der Waals surface area contributed by atoms with E-state index in [9.17, 15) is 10.1 Å². The van der Waals surface area contributed by atoms with E-state index in [0.717, 1.165) is 12.8 Å². The molecule has 1 saturated carbocycles. The quantitative estimate of drug-likeness (QED) is 0.474. The van der Waals surface area contributed by atoms with Crippen LogP contribution < -0.4 is 0 Å². The summed E-state index contributed by atoms with van der Waals surface area (Å²) >= 11 is 0. The summed E-state index contributed by atoms with van der Waals surface area (Å²) in [7, 11) is 0. The van der Waals surface area contributed by atoms with Crippen LogP contribution in [0.1, 0.15) is 19.3 Å². The average Bonchev–Trinajstić information content (AvgIpc) is 2.63. The fourth-order valence-electron chi connectivity index (χ4n) is 2.19. The van der Waals surface area contributed by atoms with E-state index in [1.165, 1.54) is 0 Å². The van der Waals surface area contributed by atoms with E-state index >= 15 is 0 Å². The van der Waals surface area contributed by atoms with Crippen LogP contribution >= 0.6 is 0 Å². The highest BCUT2D eigenvalue weighted by Crippen LogP contribution is 2.40. The summed E-state index contributed by atoms with van der Waals surface area (Å²) in [6.07, 6.45) is 2.35. The Hall–Kier alpha value is -0.680. The molecule has 74 valence electrons. The summed E-state index contributed by atoms with van der Waals surface area (Å²) < 4.78 is 10.9. The van der Waals surface area contributed by atoms with Gasteiger partial charge in [-0.2, -0.15) is 0 Å². The van der Waals surface area contributed by atoms with Crippen molar-refractivity contribution in [2.45, 2.75) is 25.0 Å². The molecule has 2 fully saturated rings. The van der Waals surface area contributed by atoms with Crippen LogP contribution in [0.2, 0.25) is 0 Å². The van der Waals surface area contributed by atoms with E-state index in [4.69, 9.17) is 9.47 Å². The van der Waals surface area contributed by atoms with Gasteiger partial charge in [-0.15, -0.1) is 0 Å². The minimum Gasteiger partial charge on any atom is -0.348 e. The maximum atomic E-state index is 10.3. The highest BCUT2D eigenvalue weighted by Gasteiger charge is 2.45. The van der Waals surface area contributed by atoms with Crippen molar-refractivity contribution in [3.63, 3.8) is 0 Å². The van der Waals surface area contributed by atoms with E-state index in [0.29, 0.717) is 19.6 Å². The predicted octanol–water partition coefficient (Wildman–Crippen LogP) is 0.806. The fraction of sp³-hybridized carbons (Fsp3) is 1.00. The highest BCUT2D eigenvalue weighted by atomic mass is 16.7. The van der Waals surface area contributed by atoms with E-state index in [1.54, 1.807) is 0 Å². The first-order valence-electron chi connectivity index (χ1n) is 4.60. The number of rotatable bonds is 2. The predicted molar refractivity (Wildman–Crippen MR) is 43.8 cm³/mol. The summed E-state index contributed by atoms with van der Waals surface area (Å²) in [4.78, 5) is 10.0.